The number of hydrogen-bond acceptors (Lipinski definition) is 7. The highest BCUT2D eigenvalue weighted by molar-refractivity contribution is 7.98. The Kier molecular flexibility index (Phi) is 5.88. The number of rotatable bonds is 8. The number of sulfonamides is 1. The Morgan fingerprint density at radius 2 is 2.07 bits per heavy atom. The summed E-state index contributed by atoms with van der Waals surface area (Å²) < 4.78 is 27.5. The molecule has 0 bridgehead atoms. The van der Waals surface area contributed by atoms with Crippen molar-refractivity contribution >= 4 is 32.8 Å². The van der Waals surface area contributed by atoms with Crippen molar-refractivity contribution in [3.8, 4) is 0 Å². The van der Waals surface area contributed by atoms with Gasteiger partial charge in [-0.15, -0.1) is 5.10 Å². The molecule has 1 aromatic carbocycles. The maximum Gasteiger partial charge on any atom is 0.238 e. The predicted molar refractivity (Wildman–Crippen MR) is 111 cm³/mol. The van der Waals surface area contributed by atoms with Gasteiger partial charge in [0.15, 0.2) is 0 Å². The highest BCUT2D eigenvalue weighted by Gasteiger charge is 2.22. The number of primary sulfonamides is 1. The first-order valence-electron chi connectivity index (χ1n) is 9.90. The summed E-state index contributed by atoms with van der Waals surface area (Å²) in [5.41, 5.74) is 1.55. The van der Waals surface area contributed by atoms with Gasteiger partial charge in [0.05, 0.1) is 27.7 Å². The van der Waals surface area contributed by atoms with E-state index in [1.54, 1.807) is 30.0 Å². The molecule has 2 aromatic heterocycles. The standard InChI is InChI=1S/C18H25N7O2S2/c1-2-3-10-24-16-9-8-14(29(19,26)27)11-15(16)20-17(24)12-28-18-21-22-23-25(18)13-6-4-5-7-13/h8-9,11,13H,2-7,10,12H2,1H3,(H2,19,26,27). The largest absolute Gasteiger partial charge is 0.327 e. The van der Waals surface area contributed by atoms with Gasteiger partial charge in [-0.25, -0.2) is 23.2 Å². The fourth-order valence-electron chi connectivity index (χ4n) is 3.80. The number of benzene rings is 1. The van der Waals surface area contributed by atoms with E-state index in [4.69, 9.17) is 10.1 Å². The number of thioether (sulfide) groups is 1. The van der Waals surface area contributed by atoms with Gasteiger partial charge in [0.2, 0.25) is 15.2 Å². The smallest absolute Gasteiger partial charge is 0.238 e. The molecule has 0 atom stereocenters. The molecule has 0 saturated heterocycles. The van der Waals surface area contributed by atoms with E-state index in [9.17, 15) is 8.42 Å². The number of hydrogen-bond donors (Lipinski definition) is 1. The molecule has 0 amide bonds. The van der Waals surface area contributed by atoms with Crippen molar-refractivity contribution in [3.05, 3.63) is 24.0 Å². The molecule has 2 heterocycles. The maximum absolute atomic E-state index is 11.7. The molecule has 1 fully saturated rings. The van der Waals surface area contributed by atoms with E-state index in [1.807, 2.05) is 4.68 Å². The van der Waals surface area contributed by atoms with Gasteiger partial charge in [-0.3, -0.25) is 0 Å². The first kappa shape index (κ1) is 20.3. The third-order valence-corrected chi connectivity index (χ3v) is 7.17. The highest BCUT2D eigenvalue weighted by Crippen LogP contribution is 2.32. The third-order valence-electron chi connectivity index (χ3n) is 5.33. The van der Waals surface area contributed by atoms with E-state index in [0.717, 1.165) is 48.7 Å². The average molecular weight is 436 g/mol. The molecule has 4 rings (SSSR count). The molecule has 0 radical (unpaired) electrons. The van der Waals surface area contributed by atoms with Gasteiger partial charge >= 0.3 is 0 Å². The monoisotopic (exact) mass is 435 g/mol. The van der Waals surface area contributed by atoms with Crippen LogP contribution in [0.1, 0.15) is 57.3 Å². The topological polar surface area (TPSA) is 122 Å². The lowest BCUT2D eigenvalue weighted by Gasteiger charge is -2.11. The summed E-state index contributed by atoms with van der Waals surface area (Å²) in [7, 11) is -3.76. The number of aryl methyl sites for hydroxylation is 1. The van der Waals surface area contributed by atoms with Crippen molar-refractivity contribution in [1.29, 1.82) is 0 Å². The van der Waals surface area contributed by atoms with Gasteiger partial charge in [0.1, 0.15) is 5.82 Å². The summed E-state index contributed by atoms with van der Waals surface area (Å²) in [4.78, 5) is 4.79. The number of nitrogens with two attached hydrogens (primary N) is 1. The average Bonchev–Trinajstić information content (AvgIpc) is 3.42. The molecule has 3 aromatic rings. The second kappa shape index (κ2) is 8.41. The fraction of sp³-hybridized carbons (Fsp3) is 0.556. The van der Waals surface area contributed by atoms with Crippen LogP contribution in [0.3, 0.4) is 0 Å². The van der Waals surface area contributed by atoms with Gasteiger partial charge in [-0.1, -0.05) is 37.9 Å². The zero-order valence-electron chi connectivity index (χ0n) is 16.4. The van der Waals surface area contributed by atoms with E-state index in [0.29, 0.717) is 17.3 Å². The first-order chi connectivity index (χ1) is 14.0. The second-order valence-corrected chi connectivity index (χ2v) is 9.87. The maximum atomic E-state index is 11.7. The lowest BCUT2D eigenvalue weighted by Crippen LogP contribution is -2.11. The van der Waals surface area contributed by atoms with Crippen LogP contribution in [0.15, 0.2) is 28.3 Å². The minimum atomic E-state index is -3.76. The Morgan fingerprint density at radius 3 is 2.79 bits per heavy atom. The Morgan fingerprint density at radius 1 is 1.28 bits per heavy atom. The number of fused-ring (bicyclic) bond motifs is 1. The van der Waals surface area contributed by atoms with Crippen molar-refractivity contribution < 1.29 is 8.42 Å². The first-order valence-corrected chi connectivity index (χ1v) is 12.4. The molecule has 1 aliphatic rings. The van der Waals surface area contributed by atoms with Crippen molar-refractivity contribution in [1.82, 2.24) is 29.8 Å². The Bertz CT molecular complexity index is 1100. The SMILES string of the molecule is CCCCn1c(CSc2nnnn2C2CCCC2)nc2cc(S(N)(=O)=O)ccc21. The zero-order chi connectivity index (χ0) is 20.4. The molecule has 156 valence electrons. The molecule has 0 aliphatic heterocycles. The second-order valence-electron chi connectivity index (χ2n) is 7.36. The molecule has 11 heteroatoms. The Labute approximate surface area is 174 Å². The van der Waals surface area contributed by atoms with Crippen LogP contribution in [0.25, 0.3) is 11.0 Å². The minimum absolute atomic E-state index is 0.0783. The number of nitrogens with zero attached hydrogens (tertiary/aromatic N) is 6. The fourth-order valence-corrected chi connectivity index (χ4v) is 5.22. The van der Waals surface area contributed by atoms with Crippen LogP contribution >= 0.6 is 11.8 Å². The number of aromatic nitrogens is 6. The minimum Gasteiger partial charge on any atom is -0.327 e. The van der Waals surface area contributed by atoms with E-state index in [2.05, 4.69) is 27.0 Å². The van der Waals surface area contributed by atoms with Gasteiger partial charge < -0.3 is 4.57 Å². The summed E-state index contributed by atoms with van der Waals surface area (Å²) in [6.45, 7) is 2.97. The highest BCUT2D eigenvalue weighted by atomic mass is 32.2. The number of tetrazole rings is 1. The molecule has 0 unspecified atom stereocenters. The van der Waals surface area contributed by atoms with Crippen LogP contribution in [-0.2, 0) is 22.3 Å². The van der Waals surface area contributed by atoms with Crippen LogP contribution in [0.2, 0.25) is 0 Å². The molecule has 9 nitrogen and oxygen atoms in total. The van der Waals surface area contributed by atoms with Gasteiger partial charge in [0, 0.05) is 6.54 Å². The van der Waals surface area contributed by atoms with Crippen LogP contribution < -0.4 is 5.14 Å². The van der Waals surface area contributed by atoms with Crippen molar-refractivity contribution in [2.45, 2.75) is 73.8 Å². The molecule has 1 saturated carbocycles. The van der Waals surface area contributed by atoms with E-state index in [1.165, 1.54) is 12.8 Å². The van der Waals surface area contributed by atoms with Crippen LogP contribution in [0.5, 0.6) is 0 Å². The van der Waals surface area contributed by atoms with E-state index >= 15 is 0 Å². The number of unbranched alkanes of at least 4 members (excludes halogenated alkanes) is 1. The molecule has 1 aliphatic carbocycles. The summed E-state index contributed by atoms with van der Waals surface area (Å²) in [5.74, 6) is 1.49. The molecule has 29 heavy (non-hydrogen) atoms. The molecular weight excluding hydrogens is 410 g/mol. The van der Waals surface area contributed by atoms with Crippen LogP contribution in [0.4, 0.5) is 0 Å². The van der Waals surface area contributed by atoms with E-state index in [-0.39, 0.29) is 4.90 Å². The van der Waals surface area contributed by atoms with Crippen molar-refractivity contribution in [3.63, 3.8) is 0 Å². The van der Waals surface area contributed by atoms with Gasteiger partial charge in [-0.2, -0.15) is 0 Å². The van der Waals surface area contributed by atoms with Gasteiger partial charge in [-0.05, 0) is 47.9 Å². The zero-order valence-corrected chi connectivity index (χ0v) is 18.0. The van der Waals surface area contributed by atoms with Crippen LogP contribution in [0, 0.1) is 0 Å². The third kappa shape index (κ3) is 4.31. The molecular formula is C18H25N7O2S2. The summed E-state index contributed by atoms with van der Waals surface area (Å²) in [6.07, 6.45) is 6.73. The van der Waals surface area contributed by atoms with E-state index < -0.39 is 10.0 Å². The Balaban J connectivity index is 1.63. The lowest BCUT2D eigenvalue weighted by atomic mass is 10.3. The summed E-state index contributed by atoms with van der Waals surface area (Å²) >= 11 is 1.57. The van der Waals surface area contributed by atoms with Crippen molar-refractivity contribution in [2.75, 3.05) is 0 Å². The van der Waals surface area contributed by atoms with Crippen LogP contribution in [-0.4, -0.2) is 38.2 Å². The molecule has 0 spiro atoms. The summed E-state index contributed by atoms with van der Waals surface area (Å²) in [6, 6.07) is 5.25. The van der Waals surface area contributed by atoms with Gasteiger partial charge in [0.25, 0.3) is 0 Å². The van der Waals surface area contributed by atoms with Crippen molar-refractivity contribution in [2.24, 2.45) is 5.14 Å². The summed E-state index contributed by atoms with van der Waals surface area (Å²) in [5, 5.41) is 18.3. The molecule has 2 N–H and O–H groups in total. The lowest BCUT2D eigenvalue weighted by molar-refractivity contribution is 0.423. The predicted octanol–water partition coefficient (Wildman–Crippen LogP) is 2.88. The Hall–Kier alpha value is -1.98. The number of imidazole rings is 1. The normalized spacial score (nSPS) is 15.5. The quantitative estimate of drug-likeness (QED) is 0.540.